The molecular formula is C33H45F4N5O4Si. The summed E-state index contributed by atoms with van der Waals surface area (Å²) in [5, 5.41) is 2.64. The van der Waals surface area contributed by atoms with E-state index < -0.39 is 48.8 Å². The highest BCUT2D eigenvalue weighted by Gasteiger charge is 2.37. The summed E-state index contributed by atoms with van der Waals surface area (Å²) in [5.41, 5.74) is -1.16. The van der Waals surface area contributed by atoms with Gasteiger partial charge in [-0.1, -0.05) is 25.7 Å². The largest absolute Gasteiger partial charge is 0.478 e. The number of likely N-dealkylation sites (N-methyl/N-ethyl adjacent to an activating group) is 1. The zero-order valence-corrected chi connectivity index (χ0v) is 29.2. The Bertz CT molecular complexity index is 1500. The van der Waals surface area contributed by atoms with Gasteiger partial charge in [0.05, 0.1) is 29.1 Å². The number of carbonyl (C=O) groups is 2. The lowest BCUT2D eigenvalue weighted by atomic mass is 9.97. The third-order valence-corrected chi connectivity index (χ3v) is 9.62. The molecule has 1 saturated heterocycles. The highest BCUT2D eigenvalue weighted by atomic mass is 28.3. The van der Waals surface area contributed by atoms with Crippen LogP contribution in [-0.2, 0) is 10.9 Å². The van der Waals surface area contributed by atoms with E-state index in [0.29, 0.717) is 43.9 Å². The molecule has 0 aliphatic carbocycles. The van der Waals surface area contributed by atoms with E-state index in [2.05, 4.69) is 34.8 Å². The average molecular weight is 680 g/mol. The Morgan fingerprint density at radius 2 is 1.70 bits per heavy atom. The first-order valence-corrected chi connectivity index (χ1v) is 19.5. The maximum absolute atomic E-state index is 15.8. The Morgan fingerprint density at radius 1 is 1.02 bits per heavy atom. The molecule has 1 N–H and O–H groups in total. The molecule has 47 heavy (non-hydrogen) atoms. The highest BCUT2D eigenvalue weighted by molar-refractivity contribution is 6.76. The normalized spacial score (nSPS) is 16.5. The lowest BCUT2D eigenvalue weighted by Crippen LogP contribution is -2.44. The van der Waals surface area contributed by atoms with E-state index in [1.54, 1.807) is 26.8 Å². The van der Waals surface area contributed by atoms with Gasteiger partial charge >= 0.3 is 12.3 Å². The fraction of sp³-hybridized carbons (Fsp3) is 0.545. The molecule has 2 aliphatic heterocycles. The van der Waals surface area contributed by atoms with Gasteiger partial charge in [-0.05, 0) is 58.0 Å². The zero-order chi connectivity index (χ0) is 34.7. The maximum Gasteiger partial charge on any atom is 0.417 e. The number of ether oxygens (including phenoxy) is 2. The van der Waals surface area contributed by atoms with Crippen molar-refractivity contribution in [3.63, 3.8) is 0 Å². The molecule has 2 aliphatic rings. The summed E-state index contributed by atoms with van der Waals surface area (Å²) >= 11 is 0. The van der Waals surface area contributed by atoms with Gasteiger partial charge in [0.2, 0.25) is 5.88 Å². The van der Waals surface area contributed by atoms with E-state index in [0.717, 1.165) is 18.3 Å². The topological polar surface area (TPSA) is 87.2 Å². The van der Waals surface area contributed by atoms with Crippen molar-refractivity contribution < 1.29 is 36.6 Å². The van der Waals surface area contributed by atoms with E-state index in [1.807, 2.05) is 11.9 Å². The number of amides is 2. The average Bonchev–Trinajstić information content (AvgIpc) is 2.96. The van der Waals surface area contributed by atoms with Gasteiger partial charge in [0.25, 0.3) is 5.91 Å². The predicted molar refractivity (Wildman–Crippen MR) is 177 cm³/mol. The van der Waals surface area contributed by atoms with Crippen LogP contribution in [0.15, 0.2) is 30.5 Å². The van der Waals surface area contributed by atoms with Gasteiger partial charge in [-0.25, -0.2) is 14.2 Å². The highest BCUT2D eigenvalue weighted by Crippen LogP contribution is 2.37. The number of anilines is 2. The number of pyridine rings is 1. The van der Waals surface area contributed by atoms with Crippen LogP contribution >= 0.6 is 0 Å². The monoisotopic (exact) mass is 679 g/mol. The number of nitrogens with one attached hydrogen (secondary N) is 1. The minimum Gasteiger partial charge on any atom is -0.478 e. The third-order valence-electron chi connectivity index (χ3n) is 7.92. The third kappa shape index (κ3) is 9.92. The number of hydrogen-bond donors (Lipinski definition) is 1. The van der Waals surface area contributed by atoms with Crippen molar-refractivity contribution in [2.75, 3.05) is 63.1 Å². The number of piperazine rings is 1. The maximum atomic E-state index is 15.8. The van der Waals surface area contributed by atoms with Crippen molar-refractivity contribution in [1.82, 2.24) is 14.8 Å². The second-order valence-corrected chi connectivity index (χ2v) is 19.8. The standard InChI is InChI=1S/C33H45F4N5O4Si/c1-32(2,3)46-31(44)42-10-8-22(9-11-42)23-18-27(28(20-26(23)34)41-14-12-40(4)13-15-41)39-30(43)24-21-38-29(19-25(24)33(35,36)37)45-16-17-47(5,6)7/h8,18-21H,9-17H2,1-7H3,(H,39,43). The van der Waals surface area contributed by atoms with E-state index >= 15 is 4.39 Å². The van der Waals surface area contributed by atoms with E-state index in [1.165, 1.54) is 17.0 Å². The molecule has 0 atom stereocenters. The van der Waals surface area contributed by atoms with Gasteiger partial charge in [0.15, 0.2) is 0 Å². The van der Waals surface area contributed by atoms with Crippen LogP contribution in [0.5, 0.6) is 5.88 Å². The van der Waals surface area contributed by atoms with E-state index in [9.17, 15) is 22.8 Å². The number of halogens is 4. The molecule has 1 aromatic heterocycles. The van der Waals surface area contributed by atoms with Gasteiger partial charge in [-0.15, -0.1) is 0 Å². The number of alkyl halides is 3. The van der Waals surface area contributed by atoms with Crippen LogP contribution < -0.4 is 15.0 Å². The molecule has 258 valence electrons. The number of carbonyl (C=O) groups excluding carboxylic acids is 2. The lowest BCUT2D eigenvalue weighted by molar-refractivity contribution is -0.138. The van der Waals surface area contributed by atoms with Crippen molar-refractivity contribution in [2.24, 2.45) is 0 Å². The summed E-state index contributed by atoms with van der Waals surface area (Å²) in [6.45, 7) is 14.8. The molecular weight excluding hydrogens is 634 g/mol. The van der Waals surface area contributed by atoms with Crippen molar-refractivity contribution in [1.29, 1.82) is 0 Å². The fourth-order valence-corrected chi connectivity index (χ4v) is 5.92. The smallest absolute Gasteiger partial charge is 0.417 e. The SMILES string of the molecule is CN1CCN(c2cc(F)c(C3=CCN(C(=O)OC(C)(C)C)CC3)cc2NC(=O)c2cnc(OCC[Si](C)(C)C)cc2C(F)(F)F)CC1. The van der Waals surface area contributed by atoms with Crippen LogP contribution in [0.1, 0.15) is 48.7 Å². The van der Waals surface area contributed by atoms with Crippen LogP contribution in [-0.4, -0.2) is 93.4 Å². The number of aromatic nitrogens is 1. The summed E-state index contributed by atoms with van der Waals surface area (Å²) in [5.74, 6) is -1.77. The first-order chi connectivity index (χ1) is 21.8. The number of nitrogens with zero attached hydrogens (tertiary/aromatic N) is 4. The molecule has 2 amide bonds. The zero-order valence-electron chi connectivity index (χ0n) is 28.2. The van der Waals surface area contributed by atoms with Crippen LogP contribution in [0.3, 0.4) is 0 Å². The second kappa shape index (κ2) is 14.2. The summed E-state index contributed by atoms with van der Waals surface area (Å²) in [6, 6.07) is 4.26. The molecule has 3 heterocycles. The van der Waals surface area contributed by atoms with Crippen LogP contribution in [0.4, 0.5) is 33.7 Å². The minimum atomic E-state index is -4.85. The summed E-state index contributed by atoms with van der Waals surface area (Å²) in [4.78, 5) is 35.6. The molecule has 4 rings (SSSR count). The second-order valence-electron chi connectivity index (χ2n) is 14.2. The molecule has 1 aromatic carbocycles. The fourth-order valence-electron chi connectivity index (χ4n) is 5.21. The lowest BCUT2D eigenvalue weighted by Gasteiger charge is -2.35. The number of rotatable bonds is 8. The number of hydrogen-bond acceptors (Lipinski definition) is 7. The Morgan fingerprint density at radius 3 is 2.28 bits per heavy atom. The Balaban J connectivity index is 1.65. The van der Waals surface area contributed by atoms with Crippen molar-refractivity contribution >= 4 is 37.0 Å². The van der Waals surface area contributed by atoms with Gasteiger partial charge in [0.1, 0.15) is 11.4 Å². The first-order valence-electron chi connectivity index (χ1n) is 15.8. The van der Waals surface area contributed by atoms with Gasteiger partial charge in [-0.2, -0.15) is 13.2 Å². The summed E-state index contributed by atoms with van der Waals surface area (Å²) in [6.07, 6.45) is -2.42. The van der Waals surface area contributed by atoms with Gasteiger partial charge < -0.3 is 29.5 Å². The summed E-state index contributed by atoms with van der Waals surface area (Å²) < 4.78 is 69.4. The summed E-state index contributed by atoms with van der Waals surface area (Å²) in [7, 11) is 0.467. The molecule has 0 spiro atoms. The Labute approximate surface area is 274 Å². The minimum absolute atomic E-state index is 0.176. The van der Waals surface area contributed by atoms with Crippen LogP contribution in [0, 0.1) is 5.82 Å². The molecule has 0 radical (unpaired) electrons. The quantitative estimate of drug-likeness (QED) is 0.238. The molecule has 2 aromatic rings. The molecule has 14 heteroatoms. The molecule has 0 saturated carbocycles. The predicted octanol–water partition coefficient (Wildman–Crippen LogP) is 6.98. The first kappa shape index (κ1) is 36.2. The van der Waals surface area contributed by atoms with Gasteiger partial charge in [0, 0.05) is 65.2 Å². The Kier molecular flexibility index (Phi) is 11.0. The number of benzene rings is 1. The van der Waals surface area contributed by atoms with E-state index in [4.69, 9.17) is 9.47 Å². The Hall–Kier alpha value is -3.65. The van der Waals surface area contributed by atoms with Crippen molar-refractivity contribution in [2.45, 2.75) is 64.7 Å². The molecule has 1 fully saturated rings. The molecule has 9 nitrogen and oxygen atoms in total. The van der Waals surface area contributed by atoms with E-state index in [-0.39, 0.29) is 36.8 Å². The molecule has 0 unspecified atom stereocenters. The van der Waals surface area contributed by atoms with Crippen molar-refractivity contribution in [3.8, 4) is 5.88 Å². The van der Waals surface area contributed by atoms with Crippen LogP contribution in [0.25, 0.3) is 5.57 Å². The van der Waals surface area contributed by atoms with Crippen LogP contribution in [0.2, 0.25) is 25.7 Å². The van der Waals surface area contributed by atoms with Gasteiger partial charge in [-0.3, -0.25) is 4.79 Å². The van der Waals surface area contributed by atoms with Crippen molar-refractivity contribution in [3.05, 3.63) is 53.0 Å². The molecule has 0 bridgehead atoms.